The first-order valence-electron chi connectivity index (χ1n) is 13.5. The van der Waals surface area contributed by atoms with Gasteiger partial charge < -0.3 is 30.3 Å². The molecule has 206 valence electrons. The van der Waals surface area contributed by atoms with Crippen molar-refractivity contribution in [1.29, 1.82) is 0 Å². The highest BCUT2D eigenvalue weighted by Gasteiger charge is 2.16. The summed E-state index contributed by atoms with van der Waals surface area (Å²) in [5.74, 6) is 1.57. The van der Waals surface area contributed by atoms with Gasteiger partial charge in [0.15, 0.2) is 0 Å². The quantitative estimate of drug-likeness (QED) is 0.521. The summed E-state index contributed by atoms with van der Waals surface area (Å²) in [6.07, 6.45) is 7.42. The highest BCUT2D eigenvalue weighted by molar-refractivity contribution is 5.91. The Labute approximate surface area is 226 Å². The van der Waals surface area contributed by atoms with Gasteiger partial charge in [-0.1, -0.05) is 24.3 Å². The average Bonchev–Trinajstić information content (AvgIpc) is 2.95. The number of carbonyl (C=O) groups is 2. The number of hydrogen-bond donors (Lipinski definition) is 3. The van der Waals surface area contributed by atoms with Gasteiger partial charge in [0.1, 0.15) is 11.5 Å². The van der Waals surface area contributed by atoms with Crippen molar-refractivity contribution in [1.82, 2.24) is 20.9 Å². The first kappa shape index (κ1) is 29.2. The van der Waals surface area contributed by atoms with Crippen LogP contribution in [0.15, 0.2) is 54.6 Å². The summed E-state index contributed by atoms with van der Waals surface area (Å²) < 4.78 is 10.5. The largest absolute Gasteiger partial charge is 0.497 e. The van der Waals surface area contributed by atoms with Gasteiger partial charge in [0.25, 0.3) is 0 Å². The number of nitrogens with one attached hydrogen (secondary N) is 3. The fourth-order valence-corrected chi connectivity index (χ4v) is 4.39. The third-order valence-electron chi connectivity index (χ3n) is 6.63. The Morgan fingerprint density at radius 2 is 1.50 bits per heavy atom. The van der Waals surface area contributed by atoms with Gasteiger partial charge in [-0.05, 0) is 86.8 Å². The average molecular weight is 523 g/mol. The third kappa shape index (κ3) is 10.2. The van der Waals surface area contributed by atoms with Crippen LogP contribution in [-0.2, 0) is 9.59 Å². The molecule has 1 fully saturated rings. The molecule has 1 atom stereocenters. The molecule has 2 amide bonds. The Bertz CT molecular complexity index is 1010. The molecule has 0 aliphatic carbocycles. The molecule has 1 saturated heterocycles. The zero-order chi connectivity index (χ0) is 27.0. The molecule has 2 aromatic carbocycles. The maximum absolute atomic E-state index is 13.0. The number of amides is 2. The minimum absolute atomic E-state index is 0.00182. The molecular formula is C30H42N4O4. The lowest BCUT2D eigenvalue weighted by Crippen LogP contribution is -2.35. The lowest BCUT2D eigenvalue weighted by molar-refractivity contribution is -0.126. The monoisotopic (exact) mass is 522 g/mol. The molecule has 3 rings (SSSR count). The SMILES string of the molecule is COc1ccc(/C=C\C(=O)N2CCCCNCCCN[C@H](c3ccc(OC)cc3)CC(=O)NCCC2)cc1. The predicted molar refractivity (Wildman–Crippen MR) is 151 cm³/mol. The Balaban J connectivity index is 1.58. The molecule has 3 N–H and O–H groups in total. The van der Waals surface area contributed by atoms with E-state index in [1.165, 1.54) is 0 Å². The fraction of sp³-hybridized carbons (Fsp3) is 0.467. The summed E-state index contributed by atoms with van der Waals surface area (Å²) in [6.45, 7) is 4.47. The molecule has 1 heterocycles. The molecule has 1 aliphatic heterocycles. The maximum Gasteiger partial charge on any atom is 0.246 e. The summed E-state index contributed by atoms with van der Waals surface area (Å²) in [5, 5.41) is 10.1. The van der Waals surface area contributed by atoms with E-state index in [0.717, 1.165) is 61.5 Å². The van der Waals surface area contributed by atoms with Crippen LogP contribution in [0.3, 0.4) is 0 Å². The normalized spacial score (nSPS) is 18.9. The van der Waals surface area contributed by atoms with Crippen LogP contribution in [0.2, 0.25) is 0 Å². The number of benzene rings is 2. The molecule has 0 spiro atoms. The summed E-state index contributed by atoms with van der Waals surface area (Å²) in [6, 6.07) is 15.4. The van der Waals surface area contributed by atoms with Crippen molar-refractivity contribution >= 4 is 17.9 Å². The number of methoxy groups -OCH3 is 2. The molecule has 2 aromatic rings. The highest BCUT2D eigenvalue weighted by atomic mass is 16.5. The first-order valence-corrected chi connectivity index (χ1v) is 13.5. The highest BCUT2D eigenvalue weighted by Crippen LogP contribution is 2.20. The van der Waals surface area contributed by atoms with Crippen LogP contribution in [-0.4, -0.2) is 70.2 Å². The van der Waals surface area contributed by atoms with Crippen molar-refractivity contribution in [3.8, 4) is 11.5 Å². The molecule has 0 unspecified atom stereocenters. The van der Waals surface area contributed by atoms with E-state index in [2.05, 4.69) is 16.0 Å². The van der Waals surface area contributed by atoms with Crippen LogP contribution < -0.4 is 25.4 Å². The first-order chi connectivity index (χ1) is 18.6. The second-order valence-corrected chi connectivity index (χ2v) is 9.43. The smallest absolute Gasteiger partial charge is 0.246 e. The van der Waals surface area contributed by atoms with E-state index in [1.807, 2.05) is 59.5 Å². The molecule has 8 nitrogen and oxygen atoms in total. The molecule has 0 radical (unpaired) electrons. The number of hydrogen-bond acceptors (Lipinski definition) is 6. The maximum atomic E-state index is 13.0. The summed E-state index contributed by atoms with van der Waals surface area (Å²) in [7, 11) is 3.28. The van der Waals surface area contributed by atoms with E-state index in [-0.39, 0.29) is 17.9 Å². The lowest BCUT2D eigenvalue weighted by atomic mass is 10.0. The summed E-state index contributed by atoms with van der Waals surface area (Å²) in [5.41, 5.74) is 2.01. The van der Waals surface area contributed by atoms with Gasteiger partial charge in [0, 0.05) is 38.2 Å². The Kier molecular flexibility index (Phi) is 12.7. The molecular weight excluding hydrogens is 480 g/mol. The van der Waals surface area contributed by atoms with Crippen molar-refractivity contribution in [3.63, 3.8) is 0 Å². The van der Waals surface area contributed by atoms with Crippen molar-refractivity contribution < 1.29 is 19.1 Å². The standard InChI is InChI=1S/C30H42N4O4/c1-37-26-12-7-24(8-13-26)9-16-30(36)34-21-4-3-17-31-18-5-19-32-28(23-29(35)33-20-6-22-34)25-10-14-27(38-2)15-11-25/h7-16,28,31-32H,3-6,17-23H2,1-2H3,(H,33,35)/b16-9-/t28-/m0/s1. The second kappa shape index (κ2) is 16.5. The van der Waals surface area contributed by atoms with Crippen LogP contribution in [0.4, 0.5) is 0 Å². The number of ether oxygens (including phenoxy) is 2. The molecule has 0 bridgehead atoms. The van der Waals surface area contributed by atoms with Gasteiger partial charge in [-0.15, -0.1) is 0 Å². The molecule has 8 heteroatoms. The zero-order valence-electron chi connectivity index (χ0n) is 22.7. The van der Waals surface area contributed by atoms with Gasteiger partial charge in [0.05, 0.1) is 14.2 Å². The molecule has 1 aliphatic rings. The van der Waals surface area contributed by atoms with Gasteiger partial charge in [-0.2, -0.15) is 0 Å². The van der Waals surface area contributed by atoms with Crippen LogP contribution in [0.25, 0.3) is 6.08 Å². The van der Waals surface area contributed by atoms with E-state index in [9.17, 15) is 9.59 Å². The molecule has 0 aromatic heterocycles. The number of carbonyl (C=O) groups excluding carboxylic acids is 2. The van der Waals surface area contributed by atoms with Gasteiger partial charge in [0.2, 0.25) is 11.8 Å². The third-order valence-corrected chi connectivity index (χ3v) is 6.63. The van der Waals surface area contributed by atoms with Crippen molar-refractivity contribution in [2.24, 2.45) is 0 Å². The van der Waals surface area contributed by atoms with E-state index in [0.29, 0.717) is 32.5 Å². The number of rotatable bonds is 5. The Hall–Kier alpha value is -3.36. The van der Waals surface area contributed by atoms with Crippen LogP contribution in [0.5, 0.6) is 11.5 Å². The van der Waals surface area contributed by atoms with Crippen molar-refractivity contribution in [3.05, 3.63) is 65.7 Å². The summed E-state index contributed by atoms with van der Waals surface area (Å²) >= 11 is 0. The Morgan fingerprint density at radius 1 is 0.842 bits per heavy atom. The fourth-order valence-electron chi connectivity index (χ4n) is 4.39. The minimum Gasteiger partial charge on any atom is -0.497 e. The van der Waals surface area contributed by atoms with Crippen LogP contribution in [0.1, 0.15) is 49.3 Å². The second-order valence-electron chi connectivity index (χ2n) is 9.43. The zero-order valence-corrected chi connectivity index (χ0v) is 22.7. The Morgan fingerprint density at radius 3 is 2.21 bits per heavy atom. The summed E-state index contributed by atoms with van der Waals surface area (Å²) in [4.78, 5) is 27.6. The predicted octanol–water partition coefficient (Wildman–Crippen LogP) is 3.55. The molecule has 38 heavy (non-hydrogen) atoms. The van der Waals surface area contributed by atoms with Gasteiger partial charge in [-0.3, -0.25) is 9.59 Å². The number of nitrogens with zero attached hydrogens (tertiary/aromatic N) is 1. The van der Waals surface area contributed by atoms with E-state index in [4.69, 9.17) is 9.47 Å². The van der Waals surface area contributed by atoms with Crippen LogP contribution >= 0.6 is 0 Å². The van der Waals surface area contributed by atoms with Gasteiger partial charge in [-0.25, -0.2) is 0 Å². The minimum atomic E-state index is -0.0715. The lowest BCUT2D eigenvalue weighted by Gasteiger charge is -2.22. The van der Waals surface area contributed by atoms with Gasteiger partial charge >= 0.3 is 0 Å². The molecule has 0 saturated carbocycles. The van der Waals surface area contributed by atoms with Crippen LogP contribution in [0, 0.1) is 0 Å². The van der Waals surface area contributed by atoms with E-state index < -0.39 is 0 Å². The van der Waals surface area contributed by atoms with Crippen molar-refractivity contribution in [2.75, 3.05) is 53.5 Å². The van der Waals surface area contributed by atoms with Crippen molar-refractivity contribution in [2.45, 2.75) is 38.1 Å². The van der Waals surface area contributed by atoms with E-state index in [1.54, 1.807) is 20.3 Å². The van der Waals surface area contributed by atoms with E-state index >= 15 is 0 Å². The topological polar surface area (TPSA) is 91.9 Å².